The second kappa shape index (κ2) is 4.80. The molecule has 1 saturated carbocycles. The van der Waals surface area contributed by atoms with Gasteiger partial charge in [0, 0.05) is 23.9 Å². The molecule has 3 aromatic heterocycles. The van der Waals surface area contributed by atoms with Crippen LogP contribution in [0.15, 0.2) is 36.9 Å². The number of aromatic amines is 1. The lowest BCUT2D eigenvalue weighted by molar-refractivity contribution is 0.253. The summed E-state index contributed by atoms with van der Waals surface area (Å²) in [6, 6.07) is 6.14. The Bertz CT molecular complexity index is 747. The van der Waals surface area contributed by atoms with Crippen LogP contribution in [0.5, 0.6) is 0 Å². The van der Waals surface area contributed by atoms with E-state index < -0.39 is 0 Å². The molecule has 0 spiro atoms. The standard InChI is InChI=1S/C15H16N6/c1-2-7-16-12(4-1)15(5-3-6-15)9-17-13-11-8-20-21-14(11)19-10-18-13/h1-2,4,7-8,10H,3,5-6,9H2,(H2,17,18,19,20,21). The van der Waals surface area contributed by atoms with Crippen LogP contribution < -0.4 is 5.32 Å². The van der Waals surface area contributed by atoms with E-state index in [1.165, 1.54) is 12.1 Å². The summed E-state index contributed by atoms with van der Waals surface area (Å²) in [5.74, 6) is 0.830. The van der Waals surface area contributed by atoms with Crippen molar-refractivity contribution in [2.75, 3.05) is 11.9 Å². The van der Waals surface area contributed by atoms with E-state index in [-0.39, 0.29) is 5.41 Å². The number of aromatic nitrogens is 5. The SMILES string of the molecule is c1ccc(C2(CNc3ncnc4[nH]ncc34)CCC2)nc1. The number of pyridine rings is 1. The van der Waals surface area contributed by atoms with E-state index in [0.29, 0.717) is 0 Å². The third kappa shape index (κ3) is 2.03. The first-order valence-corrected chi connectivity index (χ1v) is 7.17. The van der Waals surface area contributed by atoms with Crippen LogP contribution in [0.4, 0.5) is 5.82 Å². The molecular weight excluding hydrogens is 264 g/mol. The molecule has 0 radical (unpaired) electrons. The van der Waals surface area contributed by atoms with E-state index in [0.717, 1.165) is 36.2 Å². The largest absolute Gasteiger partial charge is 0.368 e. The minimum Gasteiger partial charge on any atom is -0.368 e. The molecule has 3 heterocycles. The normalized spacial score (nSPS) is 16.6. The van der Waals surface area contributed by atoms with Gasteiger partial charge in [-0.25, -0.2) is 9.97 Å². The fraction of sp³-hybridized carbons (Fsp3) is 0.333. The molecule has 21 heavy (non-hydrogen) atoms. The lowest BCUT2D eigenvalue weighted by atomic mass is 9.66. The molecule has 0 unspecified atom stereocenters. The average Bonchev–Trinajstić information content (AvgIpc) is 2.96. The Morgan fingerprint density at radius 2 is 2.14 bits per heavy atom. The van der Waals surface area contributed by atoms with Gasteiger partial charge in [0.1, 0.15) is 12.1 Å². The van der Waals surface area contributed by atoms with Gasteiger partial charge in [-0.2, -0.15) is 5.10 Å². The quantitative estimate of drug-likeness (QED) is 0.766. The zero-order chi connectivity index (χ0) is 14.1. The predicted octanol–water partition coefficient (Wildman–Crippen LogP) is 2.28. The Labute approximate surface area is 122 Å². The molecule has 1 aliphatic carbocycles. The van der Waals surface area contributed by atoms with E-state index in [9.17, 15) is 0 Å². The summed E-state index contributed by atoms with van der Waals surface area (Å²) in [5, 5.41) is 11.3. The van der Waals surface area contributed by atoms with Crippen molar-refractivity contribution in [3.8, 4) is 0 Å². The fourth-order valence-electron chi connectivity index (χ4n) is 2.96. The van der Waals surface area contributed by atoms with E-state index in [1.54, 1.807) is 12.5 Å². The Kier molecular flexibility index (Phi) is 2.80. The van der Waals surface area contributed by atoms with Crippen LogP contribution in [0, 0.1) is 0 Å². The summed E-state index contributed by atoms with van der Waals surface area (Å²) >= 11 is 0. The molecule has 2 N–H and O–H groups in total. The molecule has 0 atom stereocenters. The van der Waals surface area contributed by atoms with Crippen molar-refractivity contribution in [2.24, 2.45) is 0 Å². The second-order valence-electron chi connectivity index (χ2n) is 5.56. The van der Waals surface area contributed by atoms with Crippen LogP contribution in [0.2, 0.25) is 0 Å². The van der Waals surface area contributed by atoms with Gasteiger partial charge in [0.25, 0.3) is 0 Å². The van der Waals surface area contributed by atoms with Crippen LogP contribution in [-0.4, -0.2) is 31.7 Å². The maximum atomic E-state index is 4.55. The summed E-state index contributed by atoms with van der Waals surface area (Å²) in [5.41, 5.74) is 2.05. The van der Waals surface area contributed by atoms with Crippen LogP contribution in [-0.2, 0) is 5.41 Å². The number of rotatable bonds is 4. The van der Waals surface area contributed by atoms with Gasteiger partial charge >= 0.3 is 0 Å². The topological polar surface area (TPSA) is 79.4 Å². The van der Waals surface area contributed by atoms with Gasteiger partial charge in [-0.15, -0.1) is 0 Å². The molecule has 0 aliphatic heterocycles. The van der Waals surface area contributed by atoms with Crippen molar-refractivity contribution >= 4 is 16.9 Å². The average molecular weight is 280 g/mol. The minimum atomic E-state index is 0.127. The maximum absolute atomic E-state index is 4.55. The molecule has 0 saturated heterocycles. The highest BCUT2D eigenvalue weighted by molar-refractivity contribution is 5.85. The van der Waals surface area contributed by atoms with Crippen LogP contribution >= 0.6 is 0 Å². The molecular formula is C15H16N6. The van der Waals surface area contributed by atoms with Gasteiger partial charge in [-0.3, -0.25) is 10.1 Å². The van der Waals surface area contributed by atoms with Crippen molar-refractivity contribution in [1.82, 2.24) is 25.1 Å². The molecule has 6 heteroatoms. The lowest BCUT2D eigenvalue weighted by Gasteiger charge is -2.41. The zero-order valence-corrected chi connectivity index (χ0v) is 11.6. The molecule has 1 fully saturated rings. The Morgan fingerprint density at radius 1 is 1.19 bits per heavy atom. The summed E-state index contributed by atoms with van der Waals surface area (Å²) in [6.45, 7) is 0.835. The van der Waals surface area contributed by atoms with Gasteiger partial charge in [-0.1, -0.05) is 12.5 Å². The van der Waals surface area contributed by atoms with E-state index in [2.05, 4.69) is 42.6 Å². The van der Waals surface area contributed by atoms with Gasteiger partial charge in [0.05, 0.1) is 11.6 Å². The predicted molar refractivity (Wildman–Crippen MR) is 79.9 cm³/mol. The van der Waals surface area contributed by atoms with Crippen LogP contribution in [0.25, 0.3) is 11.0 Å². The summed E-state index contributed by atoms with van der Waals surface area (Å²) in [7, 11) is 0. The first-order valence-electron chi connectivity index (χ1n) is 7.17. The van der Waals surface area contributed by atoms with Gasteiger partial charge in [0.15, 0.2) is 5.65 Å². The number of hydrogen-bond donors (Lipinski definition) is 2. The summed E-state index contributed by atoms with van der Waals surface area (Å²) < 4.78 is 0. The van der Waals surface area contributed by atoms with E-state index in [4.69, 9.17) is 0 Å². The van der Waals surface area contributed by atoms with Crippen molar-refractivity contribution < 1.29 is 0 Å². The van der Waals surface area contributed by atoms with Crippen molar-refractivity contribution in [3.05, 3.63) is 42.6 Å². The first-order chi connectivity index (χ1) is 10.4. The first kappa shape index (κ1) is 12.3. The number of anilines is 1. The number of hydrogen-bond acceptors (Lipinski definition) is 5. The molecule has 4 rings (SSSR count). The van der Waals surface area contributed by atoms with Gasteiger partial charge in [0.2, 0.25) is 0 Å². The molecule has 106 valence electrons. The van der Waals surface area contributed by atoms with Gasteiger partial charge in [-0.05, 0) is 25.0 Å². The third-order valence-electron chi connectivity index (χ3n) is 4.36. The molecule has 0 amide bonds. The number of fused-ring (bicyclic) bond motifs is 1. The van der Waals surface area contributed by atoms with E-state index in [1.807, 2.05) is 12.3 Å². The maximum Gasteiger partial charge on any atom is 0.160 e. The van der Waals surface area contributed by atoms with Crippen molar-refractivity contribution in [3.63, 3.8) is 0 Å². The highest BCUT2D eigenvalue weighted by Gasteiger charge is 2.39. The number of nitrogens with zero attached hydrogens (tertiary/aromatic N) is 4. The monoisotopic (exact) mass is 280 g/mol. The van der Waals surface area contributed by atoms with Gasteiger partial charge < -0.3 is 5.32 Å². The third-order valence-corrected chi connectivity index (χ3v) is 4.36. The van der Waals surface area contributed by atoms with Crippen molar-refractivity contribution in [1.29, 1.82) is 0 Å². The van der Waals surface area contributed by atoms with E-state index >= 15 is 0 Å². The smallest absolute Gasteiger partial charge is 0.160 e. The van der Waals surface area contributed by atoms with Crippen LogP contribution in [0.1, 0.15) is 25.0 Å². The zero-order valence-electron chi connectivity index (χ0n) is 11.6. The van der Waals surface area contributed by atoms with Crippen LogP contribution in [0.3, 0.4) is 0 Å². The molecule has 0 bridgehead atoms. The molecule has 3 aromatic rings. The molecule has 1 aliphatic rings. The number of H-pyrrole nitrogens is 1. The molecule has 6 nitrogen and oxygen atoms in total. The summed E-state index contributed by atoms with van der Waals surface area (Å²) in [6.07, 6.45) is 8.76. The Balaban J connectivity index is 1.60. The van der Waals surface area contributed by atoms with Crippen molar-refractivity contribution in [2.45, 2.75) is 24.7 Å². The Morgan fingerprint density at radius 3 is 2.90 bits per heavy atom. The second-order valence-corrected chi connectivity index (χ2v) is 5.56. The number of nitrogens with one attached hydrogen (secondary N) is 2. The summed E-state index contributed by atoms with van der Waals surface area (Å²) in [4.78, 5) is 13.0. The minimum absolute atomic E-state index is 0.127. The Hall–Kier alpha value is -2.50. The highest BCUT2D eigenvalue weighted by Crippen LogP contribution is 2.42. The fourth-order valence-corrected chi connectivity index (χ4v) is 2.96. The highest BCUT2D eigenvalue weighted by atomic mass is 15.2. The molecule has 0 aromatic carbocycles. The lowest BCUT2D eigenvalue weighted by Crippen LogP contribution is -2.41.